The van der Waals surface area contributed by atoms with Crippen molar-refractivity contribution < 1.29 is 0 Å². The topological polar surface area (TPSA) is 15.3 Å². The largest absolute Gasteiger partial charge is 0.384 e. The molecule has 1 N–H and O–H groups in total. The highest BCUT2D eigenvalue weighted by atomic mass is 15.2. The van der Waals surface area contributed by atoms with Crippen molar-refractivity contribution in [3.8, 4) is 0 Å². The van der Waals surface area contributed by atoms with Crippen LogP contribution in [0.15, 0.2) is 24.3 Å². The maximum absolute atomic E-state index is 3.55. The molecule has 0 amide bonds. The molecule has 0 bridgehead atoms. The van der Waals surface area contributed by atoms with Crippen LogP contribution < -0.4 is 5.32 Å². The maximum atomic E-state index is 3.55. The Bertz CT molecular complexity index is 402. The molecule has 0 aromatic heterocycles. The van der Waals surface area contributed by atoms with Crippen LogP contribution >= 0.6 is 0 Å². The lowest BCUT2D eigenvalue weighted by atomic mass is 9.95. The van der Waals surface area contributed by atoms with Crippen LogP contribution in [-0.2, 0) is 0 Å². The predicted octanol–water partition coefficient (Wildman–Crippen LogP) is 3.46. The SMILES string of the molecule is CCC1CCCCN1CC1CNc2ccccc21. The Morgan fingerprint density at radius 1 is 1.28 bits per heavy atom. The van der Waals surface area contributed by atoms with Gasteiger partial charge in [-0.05, 0) is 37.4 Å². The summed E-state index contributed by atoms with van der Waals surface area (Å²) >= 11 is 0. The third kappa shape index (κ3) is 2.26. The van der Waals surface area contributed by atoms with Crippen LogP contribution in [-0.4, -0.2) is 30.6 Å². The fourth-order valence-corrected chi connectivity index (χ4v) is 3.57. The minimum absolute atomic E-state index is 0.688. The van der Waals surface area contributed by atoms with Crippen molar-refractivity contribution >= 4 is 5.69 Å². The zero-order chi connectivity index (χ0) is 12.4. The van der Waals surface area contributed by atoms with Gasteiger partial charge in [0.15, 0.2) is 0 Å². The number of para-hydroxylation sites is 1. The van der Waals surface area contributed by atoms with E-state index in [1.807, 2.05) is 0 Å². The lowest BCUT2D eigenvalue weighted by molar-refractivity contribution is 0.137. The molecule has 1 aromatic carbocycles. The van der Waals surface area contributed by atoms with E-state index in [0.717, 1.165) is 12.6 Å². The Morgan fingerprint density at radius 3 is 3.06 bits per heavy atom. The summed E-state index contributed by atoms with van der Waals surface area (Å²) in [5.41, 5.74) is 2.88. The molecule has 0 radical (unpaired) electrons. The van der Waals surface area contributed by atoms with Gasteiger partial charge in [0, 0.05) is 30.7 Å². The van der Waals surface area contributed by atoms with Gasteiger partial charge >= 0.3 is 0 Å². The van der Waals surface area contributed by atoms with Crippen molar-refractivity contribution in [1.29, 1.82) is 0 Å². The summed E-state index contributed by atoms with van der Waals surface area (Å²) in [6.07, 6.45) is 5.52. The van der Waals surface area contributed by atoms with Crippen molar-refractivity contribution in [2.45, 2.75) is 44.6 Å². The van der Waals surface area contributed by atoms with Gasteiger partial charge in [0.2, 0.25) is 0 Å². The molecule has 0 saturated carbocycles. The summed E-state index contributed by atoms with van der Waals surface area (Å²) in [6.45, 7) is 6.00. The number of nitrogens with one attached hydrogen (secondary N) is 1. The van der Waals surface area contributed by atoms with Gasteiger partial charge in [-0.25, -0.2) is 0 Å². The first-order valence-electron chi connectivity index (χ1n) is 7.45. The molecule has 2 atom stereocenters. The molecule has 3 rings (SSSR count). The lowest BCUT2D eigenvalue weighted by Crippen LogP contribution is -2.41. The number of benzene rings is 1. The highest BCUT2D eigenvalue weighted by Gasteiger charge is 2.27. The second kappa shape index (κ2) is 5.31. The number of fused-ring (bicyclic) bond motifs is 1. The van der Waals surface area contributed by atoms with E-state index in [9.17, 15) is 0 Å². The molecule has 2 aliphatic heterocycles. The van der Waals surface area contributed by atoms with E-state index in [4.69, 9.17) is 0 Å². The maximum Gasteiger partial charge on any atom is 0.0376 e. The van der Waals surface area contributed by atoms with E-state index >= 15 is 0 Å². The van der Waals surface area contributed by atoms with E-state index in [0.29, 0.717) is 5.92 Å². The molecule has 2 aliphatic rings. The standard InChI is InChI=1S/C16H24N2/c1-2-14-7-5-6-10-18(14)12-13-11-17-16-9-4-3-8-15(13)16/h3-4,8-9,13-14,17H,2,5-7,10-12H2,1H3. The average Bonchev–Trinajstić information content (AvgIpc) is 2.83. The molecule has 2 nitrogen and oxygen atoms in total. The van der Waals surface area contributed by atoms with Crippen molar-refractivity contribution in [3.05, 3.63) is 29.8 Å². The number of nitrogens with zero attached hydrogens (tertiary/aromatic N) is 1. The van der Waals surface area contributed by atoms with E-state index in [1.54, 1.807) is 0 Å². The van der Waals surface area contributed by atoms with Gasteiger partial charge in [-0.2, -0.15) is 0 Å². The molecule has 18 heavy (non-hydrogen) atoms. The summed E-state index contributed by atoms with van der Waals surface area (Å²) in [6, 6.07) is 9.64. The minimum atomic E-state index is 0.688. The van der Waals surface area contributed by atoms with Crippen molar-refractivity contribution in [2.75, 3.05) is 25.0 Å². The minimum Gasteiger partial charge on any atom is -0.384 e. The van der Waals surface area contributed by atoms with E-state index < -0.39 is 0 Å². The summed E-state index contributed by atoms with van der Waals surface area (Å²) in [4.78, 5) is 2.73. The Hall–Kier alpha value is -1.02. The fraction of sp³-hybridized carbons (Fsp3) is 0.625. The van der Waals surface area contributed by atoms with E-state index in [1.165, 1.54) is 50.0 Å². The smallest absolute Gasteiger partial charge is 0.0376 e. The monoisotopic (exact) mass is 244 g/mol. The highest BCUT2D eigenvalue weighted by Crippen LogP contribution is 2.33. The van der Waals surface area contributed by atoms with Crippen molar-refractivity contribution in [1.82, 2.24) is 4.90 Å². The van der Waals surface area contributed by atoms with Crippen molar-refractivity contribution in [3.63, 3.8) is 0 Å². The molecule has 2 heteroatoms. The first-order valence-corrected chi connectivity index (χ1v) is 7.45. The zero-order valence-corrected chi connectivity index (χ0v) is 11.4. The molecular formula is C16H24N2. The van der Waals surface area contributed by atoms with Crippen LogP contribution in [0.2, 0.25) is 0 Å². The van der Waals surface area contributed by atoms with Crippen LogP contribution in [0.25, 0.3) is 0 Å². The molecule has 1 aromatic rings. The second-order valence-corrected chi connectivity index (χ2v) is 5.72. The normalized spacial score (nSPS) is 27.8. The predicted molar refractivity (Wildman–Crippen MR) is 77.2 cm³/mol. The van der Waals surface area contributed by atoms with Gasteiger partial charge in [0.05, 0.1) is 0 Å². The van der Waals surface area contributed by atoms with Crippen LogP contribution in [0.3, 0.4) is 0 Å². The van der Waals surface area contributed by atoms with Gasteiger partial charge in [0.25, 0.3) is 0 Å². The zero-order valence-electron chi connectivity index (χ0n) is 11.4. The second-order valence-electron chi connectivity index (χ2n) is 5.72. The molecule has 1 fully saturated rings. The number of hydrogen-bond acceptors (Lipinski definition) is 2. The van der Waals surface area contributed by atoms with Gasteiger partial charge in [-0.1, -0.05) is 31.5 Å². The first kappa shape index (κ1) is 12.0. The molecule has 1 saturated heterocycles. The van der Waals surface area contributed by atoms with Crippen LogP contribution in [0, 0.1) is 0 Å². The molecule has 98 valence electrons. The number of rotatable bonds is 3. The van der Waals surface area contributed by atoms with Crippen LogP contribution in [0.1, 0.15) is 44.1 Å². The Morgan fingerprint density at radius 2 is 2.17 bits per heavy atom. The summed E-state index contributed by atoms with van der Waals surface area (Å²) in [5.74, 6) is 0.688. The molecule has 0 spiro atoms. The molecule has 2 unspecified atom stereocenters. The highest BCUT2D eigenvalue weighted by molar-refractivity contribution is 5.57. The summed E-state index contributed by atoms with van der Waals surface area (Å²) in [5, 5.41) is 3.55. The molecule has 2 heterocycles. The van der Waals surface area contributed by atoms with Crippen LogP contribution in [0.5, 0.6) is 0 Å². The van der Waals surface area contributed by atoms with Crippen LogP contribution in [0.4, 0.5) is 5.69 Å². The van der Waals surface area contributed by atoms with Gasteiger partial charge in [-0.3, -0.25) is 4.90 Å². The number of anilines is 1. The molecular weight excluding hydrogens is 220 g/mol. The lowest BCUT2D eigenvalue weighted by Gasteiger charge is -2.36. The van der Waals surface area contributed by atoms with Gasteiger partial charge < -0.3 is 5.32 Å². The quantitative estimate of drug-likeness (QED) is 0.876. The first-order chi connectivity index (χ1) is 8.88. The number of piperidine rings is 1. The number of likely N-dealkylation sites (tertiary alicyclic amines) is 1. The molecule has 0 aliphatic carbocycles. The summed E-state index contributed by atoms with van der Waals surface area (Å²) < 4.78 is 0. The van der Waals surface area contributed by atoms with Crippen molar-refractivity contribution in [2.24, 2.45) is 0 Å². The van der Waals surface area contributed by atoms with E-state index in [-0.39, 0.29) is 0 Å². The third-order valence-corrected chi connectivity index (χ3v) is 4.61. The Labute approximate surface area is 110 Å². The number of hydrogen-bond donors (Lipinski definition) is 1. The van der Waals surface area contributed by atoms with Gasteiger partial charge in [-0.15, -0.1) is 0 Å². The Balaban J connectivity index is 1.70. The average molecular weight is 244 g/mol. The third-order valence-electron chi connectivity index (χ3n) is 4.61. The summed E-state index contributed by atoms with van der Waals surface area (Å²) in [7, 11) is 0. The fourth-order valence-electron chi connectivity index (χ4n) is 3.57. The Kier molecular flexibility index (Phi) is 3.55. The van der Waals surface area contributed by atoms with Gasteiger partial charge in [0.1, 0.15) is 0 Å². The van der Waals surface area contributed by atoms with E-state index in [2.05, 4.69) is 41.4 Å².